The van der Waals surface area contributed by atoms with Gasteiger partial charge >= 0.3 is 0 Å². The molecule has 58 valence electrons. The molecule has 0 radical (unpaired) electrons. The molecule has 2 heteroatoms. The minimum absolute atomic E-state index is 0.320. The Balaban J connectivity index is 2.37. The Labute approximate surface area is 74.3 Å². The zero-order valence-electron chi connectivity index (χ0n) is 6.14. The van der Waals surface area contributed by atoms with Crippen molar-refractivity contribution in [2.75, 3.05) is 0 Å². The Morgan fingerprint density at radius 2 is 2.27 bits per heavy atom. The van der Waals surface area contributed by atoms with Crippen LogP contribution in [0.1, 0.15) is 19.3 Å². The van der Waals surface area contributed by atoms with Crippen molar-refractivity contribution in [3.63, 3.8) is 0 Å². The molecule has 0 N–H and O–H groups in total. The summed E-state index contributed by atoms with van der Waals surface area (Å²) in [5.74, 6) is 0.320. The van der Waals surface area contributed by atoms with Gasteiger partial charge in [-0.3, -0.25) is 4.79 Å². The monoisotopic (exact) mass is 212 g/mol. The summed E-state index contributed by atoms with van der Waals surface area (Å²) in [5, 5.41) is 0. The molecule has 0 saturated heterocycles. The van der Waals surface area contributed by atoms with E-state index in [4.69, 9.17) is 0 Å². The number of allylic oxidation sites excluding steroid dienone is 4. The highest BCUT2D eigenvalue weighted by atomic mass is 79.9. The van der Waals surface area contributed by atoms with Crippen molar-refractivity contribution in [3.05, 3.63) is 23.3 Å². The average molecular weight is 213 g/mol. The van der Waals surface area contributed by atoms with Crippen LogP contribution >= 0.6 is 15.9 Å². The normalized spacial score (nSPS) is 29.5. The number of hydrogen-bond acceptors (Lipinski definition) is 1. The highest BCUT2D eigenvalue weighted by molar-refractivity contribution is 9.09. The molecule has 2 rings (SSSR count). The van der Waals surface area contributed by atoms with Crippen molar-refractivity contribution in [3.8, 4) is 0 Å². The zero-order chi connectivity index (χ0) is 7.84. The van der Waals surface area contributed by atoms with E-state index in [1.54, 1.807) is 0 Å². The number of fused-ring (bicyclic) bond motifs is 1. The number of hydrogen-bond donors (Lipinski definition) is 0. The second kappa shape index (κ2) is 2.59. The average Bonchev–Trinajstić information content (AvgIpc) is 2.33. The van der Waals surface area contributed by atoms with Gasteiger partial charge in [0.1, 0.15) is 0 Å². The van der Waals surface area contributed by atoms with Gasteiger partial charge in [-0.25, -0.2) is 0 Å². The fourth-order valence-electron chi connectivity index (χ4n) is 1.61. The van der Waals surface area contributed by atoms with Crippen molar-refractivity contribution in [2.24, 2.45) is 0 Å². The number of halogens is 1. The molecule has 11 heavy (non-hydrogen) atoms. The maximum Gasteiger partial charge on any atom is 0.163 e. The van der Waals surface area contributed by atoms with Crippen molar-refractivity contribution < 1.29 is 4.79 Å². The molecule has 1 unspecified atom stereocenters. The first-order valence-corrected chi connectivity index (χ1v) is 4.77. The van der Waals surface area contributed by atoms with Crippen LogP contribution in [0.4, 0.5) is 0 Å². The van der Waals surface area contributed by atoms with Crippen LogP contribution in [0.5, 0.6) is 0 Å². The summed E-state index contributed by atoms with van der Waals surface area (Å²) >= 11 is 3.48. The highest BCUT2D eigenvalue weighted by Crippen LogP contribution is 2.33. The number of alkyl halides is 1. The van der Waals surface area contributed by atoms with E-state index in [0.29, 0.717) is 10.6 Å². The van der Waals surface area contributed by atoms with Crippen molar-refractivity contribution in [1.29, 1.82) is 0 Å². The van der Waals surface area contributed by atoms with Crippen LogP contribution in [0, 0.1) is 0 Å². The Morgan fingerprint density at radius 1 is 1.45 bits per heavy atom. The minimum atomic E-state index is 0.320. The van der Waals surface area contributed by atoms with Crippen LogP contribution in [-0.2, 0) is 4.79 Å². The molecule has 1 saturated carbocycles. The molecule has 2 aliphatic carbocycles. The van der Waals surface area contributed by atoms with Crippen molar-refractivity contribution in [1.82, 2.24) is 0 Å². The van der Waals surface area contributed by atoms with E-state index in [1.165, 1.54) is 5.57 Å². The van der Waals surface area contributed by atoms with Gasteiger partial charge in [0, 0.05) is 16.8 Å². The minimum Gasteiger partial charge on any atom is -0.294 e. The lowest BCUT2D eigenvalue weighted by atomic mass is 10.0. The molecule has 1 atom stereocenters. The van der Waals surface area contributed by atoms with E-state index in [2.05, 4.69) is 22.0 Å². The fraction of sp³-hybridized carbons (Fsp3) is 0.444. The first-order valence-electron chi connectivity index (χ1n) is 3.86. The van der Waals surface area contributed by atoms with Gasteiger partial charge in [-0.15, -0.1) is 0 Å². The van der Waals surface area contributed by atoms with E-state index < -0.39 is 0 Å². The number of ketones is 1. The van der Waals surface area contributed by atoms with Gasteiger partial charge in [0.25, 0.3) is 0 Å². The number of rotatable bonds is 0. The summed E-state index contributed by atoms with van der Waals surface area (Å²) in [6.07, 6.45) is 6.94. The molecule has 0 aromatic heterocycles. The molecular weight excluding hydrogens is 204 g/mol. The van der Waals surface area contributed by atoms with Gasteiger partial charge in [-0.2, -0.15) is 0 Å². The molecule has 1 fully saturated rings. The standard InChI is InChI=1S/C9H9BrO/c10-7-3-1-6-2-4-9(11)8(6)5-7/h1,5,7H,2-4H2. The Bertz CT molecular complexity index is 263. The van der Waals surface area contributed by atoms with Crippen LogP contribution in [0.15, 0.2) is 23.3 Å². The number of Topliss-reactive ketones (excluding diaryl/α,β-unsaturated/α-hetero) is 1. The molecule has 1 nitrogen and oxygen atoms in total. The Hall–Kier alpha value is -0.370. The molecule has 2 aliphatic rings. The molecule has 0 heterocycles. The molecule has 0 bridgehead atoms. The summed E-state index contributed by atoms with van der Waals surface area (Å²) in [6, 6.07) is 0. The second-order valence-corrected chi connectivity index (χ2v) is 4.16. The first-order chi connectivity index (χ1) is 5.27. The molecule has 0 amide bonds. The zero-order valence-corrected chi connectivity index (χ0v) is 7.73. The van der Waals surface area contributed by atoms with E-state index >= 15 is 0 Å². The largest absolute Gasteiger partial charge is 0.294 e. The van der Waals surface area contributed by atoms with Crippen LogP contribution in [-0.4, -0.2) is 10.6 Å². The highest BCUT2D eigenvalue weighted by Gasteiger charge is 2.25. The number of carbonyl (C=O) groups is 1. The van der Waals surface area contributed by atoms with Gasteiger partial charge in [0.15, 0.2) is 5.78 Å². The smallest absolute Gasteiger partial charge is 0.163 e. The molecule has 0 spiro atoms. The second-order valence-electron chi connectivity index (χ2n) is 2.98. The van der Waals surface area contributed by atoms with Crippen molar-refractivity contribution in [2.45, 2.75) is 24.1 Å². The summed E-state index contributed by atoms with van der Waals surface area (Å²) < 4.78 is 0. The third-order valence-electron chi connectivity index (χ3n) is 2.20. The lowest BCUT2D eigenvalue weighted by Crippen LogP contribution is -2.03. The van der Waals surface area contributed by atoms with Gasteiger partial charge in [0.05, 0.1) is 0 Å². The van der Waals surface area contributed by atoms with E-state index in [-0.39, 0.29) is 0 Å². The predicted molar refractivity (Wildman–Crippen MR) is 47.7 cm³/mol. The molecule has 0 aliphatic heterocycles. The quantitative estimate of drug-likeness (QED) is 0.564. The van der Waals surface area contributed by atoms with Crippen LogP contribution in [0.25, 0.3) is 0 Å². The van der Waals surface area contributed by atoms with Gasteiger partial charge < -0.3 is 0 Å². The van der Waals surface area contributed by atoms with Crippen LogP contribution in [0.2, 0.25) is 0 Å². The van der Waals surface area contributed by atoms with Gasteiger partial charge in [-0.1, -0.05) is 28.1 Å². The maximum absolute atomic E-state index is 11.2. The van der Waals surface area contributed by atoms with Gasteiger partial charge in [-0.05, 0) is 18.4 Å². The van der Waals surface area contributed by atoms with Crippen molar-refractivity contribution >= 4 is 21.7 Å². The summed E-state index contributed by atoms with van der Waals surface area (Å²) in [4.78, 5) is 11.6. The fourth-order valence-corrected chi connectivity index (χ4v) is 2.06. The molecule has 0 aromatic carbocycles. The molecular formula is C9H9BrO. The lowest BCUT2D eigenvalue weighted by molar-refractivity contribution is -0.114. The summed E-state index contributed by atoms with van der Waals surface area (Å²) in [5.41, 5.74) is 2.24. The topological polar surface area (TPSA) is 17.1 Å². The predicted octanol–water partition coefficient (Wildman–Crippen LogP) is 2.37. The summed E-state index contributed by atoms with van der Waals surface area (Å²) in [7, 11) is 0. The lowest BCUT2D eigenvalue weighted by Gasteiger charge is -2.10. The SMILES string of the molecule is O=C1CCC2=CCC(Br)C=C12. The van der Waals surface area contributed by atoms with E-state index in [9.17, 15) is 4.79 Å². The third kappa shape index (κ3) is 1.20. The van der Waals surface area contributed by atoms with E-state index in [0.717, 1.165) is 24.8 Å². The Morgan fingerprint density at radius 3 is 3.09 bits per heavy atom. The Kier molecular flexibility index (Phi) is 1.72. The maximum atomic E-state index is 11.2. The summed E-state index contributed by atoms with van der Waals surface area (Å²) in [6.45, 7) is 0. The first kappa shape index (κ1) is 7.29. The number of carbonyl (C=O) groups excluding carboxylic acids is 1. The molecule has 0 aromatic rings. The van der Waals surface area contributed by atoms with E-state index in [1.807, 2.05) is 6.08 Å². The van der Waals surface area contributed by atoms with Crippen LogP contribution in [0.3, 0.4) is 0 Å². The van der Waals surface area contributed by atoms with Crippen LogP contribution < -0.4 is 0 Å². The van der Waals surface area contributed by atoms with Gasteiger partial charge in [0.2, 0.25) is 0 Å². The third-order valence-corrected chi connectivity index (χ3v) is 2.84.